The maximum Gasteiger partial charge on any atom is 0.170 e. The molecule has 0 amide bonds. The van der Waals surface area contributed by atoms with Crippen LogP contribution < -0.4 is 0 Å². The lowest BCUT2D eigenvalue weighted by atomic mass is 10.4. The number of aromatic nitrogens is 2. The summed E-state index contributed by atoms with van der Waals surface area (Å²) in [5.74, 6) is 0. The Balaban J connectivity index is 2.81. The van der Waals surface area contributed by atoms with Crippen molar-refractivity contribution in [3.63, 3.8) is 0 Å². The van der Waals surface area contributed by atoms with E-state index in [9.17, 15) is 4.79 Å². The van der Waals surface area contributed by atoms with E-state index in [0.717, 1.165) is 4.70 Å². The van der Waals surface area contributed by atoms with Crippen LogP contribution in [0.5, 0.6) is 0 Å². The van der Waals surface area contributed by atoms with Crippen molar-refractivity contribution in [3.05, 3.63) is 21.7 Å². The van der Waals surface area contributed by atoms with E-state index in [1.165, 1.54) is 11.3 Å². The SMILES string of the molecule is O=Cc1nc2ncsc2cc1Br. The van der Waals surface area contributed by atoms with Crippen LogP contribution in [0.25, 0.3) is 10.3 Å². The number of carbonyl (C=O) groups is 1. The summed E-state index contributed by atoms with van der Waals surface area (Å²) in [7, 11) is 0. The van der Waals surface area contributed by atoms with Gasteiger partial charge in [0.15, 0.2) is 11.9 Å². The largest absolute Gasteiger partial charge is 0.296 e. The van der Waals surface area contributed by atoms with Crippen LogP contribution in [0.4, 0.5) is 0 Å². The second kappa shape index (κ2) is 2.91. The molecule has 0 aliphatic heterocycles. The van der Waals surface area contributed by atoms with Crippen LogP contribution in [0, 0.1) is 0 Å². The lowest BCUT2D eigenvalue weighted by Gasteiger charge is -1.93. The average Bonchev–Trinajstić information content (AvgIpc) is 2.49. The van der Waals surface area contributed by atoms with E-state index in [4.69, 9.17) is 0 Å². The number of carbonyl (C=O) groups excluding carboxylic acids is 1. The number of hydrogen-bond donors (Lipinski definition) is 0. The lowest BCUT2D eigenvalue weighted by molar-refractivity contribution is 0.111. The van der Waals surface area contributed by atoms with Crippen LogP contribution >= 0.6 is 27.3 Å². The van der Waals surface area contributed by atoms with Gasteiger partial charge in [-0.2, -0.15) is 0 Å². The third kappa shape index (κ3) is 1.15. The molecule has 0 aliphatic carbocycles. The molecule has 2 aromatic heterocycles. The molecule has 0 spiro atoms. The molecule has 0 saturated heterocycles. The topological polar surface area (TPSA) is 42.9 Å². The summed E-state index contributed by atoms with van der Waals surface area (Å²) in [6.45, 7) is 0. The summed E-state index contributed by atoms with van der Waals surface area (Å²) in [5, 5.41) is 0. The first-order chi connectivity index (χ1) is 5.81. The number of pyridine rings is 1. The van der Waals surface area contributed by atoms with Gasteiger partial charge in [-0.3, -0.25) is 4.79 Å². The van der Waals surface area contributed by atoms with Crippen molar-refractivity contribution in [1.82, 2.24) is 9.97 Å². The fourth-order valence-electron chi connectivity index (χ4n) is 0.871. The summed E-state index contributed by atoms with van der Waals surface area (Å²) in [6, 6.07) is 1.85. The highest BCUT2D eigenvalue weighted by atomic mass is 79.9. The van der Waals surface area contributed by atoms with Gasteiger partial charge in [0.05, 0.1) is 10.2 Å². The molecule has 0 aliphatic rings. The number of fused-ring (bicyclic) bond motifs is 1. The van der Waals surface area contributed by atoms with Crippen molar-refractivity contribution in [2.75, 3.05) is 0 Å². The summed E-state index contributed by atoms with van der Waals surface area (Å²) < 4.78 is 1.70. The van der Waals surface area contributed by atoms with E-state index in [-0.39, 0.29) is 0 Å². The molecular formula is C7H3BrN2OS. The minimum atomic E-state index is 0.397. The van der Waals surface area contributed by atoms with Gasteiger partial charge in [0.2, 0.25) is 0 Å². The molecule has 0 radical (unpaired) electrons. The van der Waals surface area contributed by atoms with Crippen LogP contribution in [0.15, 0.2) is 16.0 Å². The zero-order chi connectivity index (χ0) is 8.55. The van der Waals surface area contributed by atoms with Gasteiger partial charge < -0.3 is 0 Å². The molecule has 0 saturated carbocycles. The first-order valence-corrected chi connectivity index (χ1v) is 4.83. The minimum absolute atomic E-state index is 0.397. The second-order valence-corrected chi connectivity index (χ2v) is 3.89. The number of hydrogen-bond acceptors (Lipinski definition) is 4. The molecule has 0 unspecified atom stereocenters. The Bertz CT molecular complexity index is 440. The van der Waals surface area contributed by atoms with Crippen molar-refractivity contribution in [3.8, 4) is 0 Å². The zero-order valence-corrected chi connectivity index (χ0v) is 8.22. The molecule has 0 bridgehead atoms. The zero-order valence-electron chi connectivity index (χ0n) is 5.82. The Morgan fingerprint density at radius 1 is 1.58 bits per heavy atom. The summed E-state index contributed by atoms with van der Waals surface area (Å²) in [4.78, 5) is 18.5. The highest BCUT2D eigenvalue weighted by Crippen LogP contribution is 2.22. The van der Waals surface area contributed by atoms with Crippen molar-refractivity contribution in [1.29, 1.82) is 0 Å². The Hall–Kier alpha value is -0.810. The van der Waals surface area contributed by atoms with Crippen LogP contribution in [0.2, 0.25) is 0 Å². The first kappa shape index (κ1) is 7.82. The average molecular weight is 243 g/mol. The maximum atomic E-state index is 10.5. The molecule has 12 heavy (non-hydrogen) atoms. The van der Waals surface area contributed by atoms with Crippen molar-refractivity contribution in [2.45, 2.75) is 0 Å². The van der Waals surface area contributed by atoms with Gasteiger partial charge in [0.25, 0.3) is 0 Å². The quantitative estimate of drug-likeness (QED) is 0.721. The predicted molar refractivity (Wildman–Crippen MR) is 50.5 cm³/mol. The Morgan fingerprint density at radius 2 is 2.42 bits per heavy atom. The van der Waals surface area contributed by atoms with Gasteiger partial charge in [-0.05, 0) is 22.0 Å². The van der Waals surface area contributed by atoms with Crippen LogP contribution in [-0.4, -0.2) is 16.3 Å². The molecule has 0 atom stereocenters. The molecule has 2 rings (SSSR count). The molecule has 2 heterocycles. The Labute approximate surface area is 80.6 Å². The third-order valence-corrected chi connectivity index (χ3v) is 2.82. The highest BCUT2D eigenvalue weighted by molar-refractivity contribution is 9.10. The van der Waals surface area contributed by atoms with Crippen molar-refractivity contribution in [2.24, 2.45) is 0 Å². The second-order valence-electron chi connectivity index (χ2n) is 2.15. The van der Waals surface area contributed by atoms with Gasteiger partial charge in [0, 0.05) is 4.47 Å². The van der Waals surface area contributed by atoms with E-state index >= 15 is 0 Å². The van der Waals surface area contributed by atoms with Gasteiger partial charge in [-0.15, -0.1) is 11.3 Å². The molecule has 60 valence electrons. The summed E-state index contributed by atoms with van der Waals surface area (Å²) in [5.41, 5.74) is 2.73. The molecule has 5 heteroatoms. The highest BCUT2D eigenvalue weighted by Gasteiger charge is 2.04. The number of rotatable bonds is 1. The molecular weight excluding hydrogens is 240 g/mol. The monoisotopic (exact) mass is 242 g/mol. The standard InChI is InChI=1S/C7H3BrN2OS/c8-4-1-6-7(9-3-12-6)10-5(4)2-11/h1-3H. The first-order valence-electron chi connectivity index (χ1n) is 3.16. The minimum Gasteiger partial charge on any atom is -0.296 e. The van der Waals surface area contributed by atoms with E-state index in [1.807, 2.05) is 6.07 Å². The van der Waals surface area contributed by atoms with E-state index in [1.54, 1.807) is 5.51 Å². The van der Waals surface area contributed by atoms with Gasteiger partial charge >= 0.3 is 0 Å². The van der Waals surface area contributed by atoms with Gasteiger partial charge in [-0.25, -0.2) is 9.97 Å². The maximum absolute atomic E-state index is 10.5. The third-order valence-electron chi connectivity index (χ3n) is 1.42. The van der Waals surface area contributed by atoms with Crippen molar-refractivity contribution < 1.29 is 4.79 Å². The molecule has 0 aromatic carbocycles. The fraction of sp³-hybridized carbons (Fsp3) is 0. The van der Waals surface area contributed by atoms with Crippen LogP contribution in [0.1, 0.15) is 10.5 Å². The summed E-state index contributed by atoms with van der Waals surface area (Å²) >= 11 is 4.75. The lowest BCUT2D eigenvalue weighted by Crippen LogP contribution is -1.88. The van der Waals surface area contributed by atoms with Gasteiger partial charge in [0.1, 0.15) is 5.69 Å². The van der Waals surface area contributed by atoms with E-state index < -0.39 is 0 Å². The van der Waals surface area contributed by atoms with Crippen LogP contribution in [-0.2, 0) is 0 Å². The fourth-order valence-corrected chi connectivity index (χ4v) is 2.09. The number of aldehydes is 1. The number of nitrogens with zero attached hydrogens (tertiary/aromatic N) is 2. The smallest absolute Gasteiger partial charge is 0.170 e. The molecule has 0 fully saturated rings. The molecule has 3 nitrogen and oxygen atoms in total. The van der Waals surface area contributed by atoms with E-state index in [2.05, 4.69) is 25.9 Å². The Morgan fingerprint density at radius 3 is 3.17 bits per heavy atom. The molecule has 2 aromatic rings. The summed E-state index contributed by atoms with van der Waals surface area (Å²) in [6.07, 6.45) is 0.711. The number of halogens is 1. The van der Waals surface area contributed by atoms with Crippen molar-refractivity contribution >= 4 is 43.9 Å². The normalized spacial score (nSPS) is 10.4. The molecule has 0 N–H and O–H groups in total. The Kier molecular flexibility index (Phi) is 1.90. The predicted octanol–water partition coefficient (Wildman–Crippen LogP) is 2.27. The van der Waals surface area contributed by atoms with Gasteiger partial charge in [-0.1, -0.05) is 0 Å². The number of thiazole rings is 1. The van der Waals surface area contributed by atoms with E-state index in [0.29, 0.717) is 22.1 Å². The van der Waals surface area contributed by atoms with Crippen LogP contribution in [0.3, 0.4) is 0 Å².